The molecule has 2 atom stereocenters. The summed E-state index contributed by atoms with van der Waals surface area (Å²) >= 11 is 0. The monoisotopic (exact) mass is 515 g/mol. The molecule has 1 unspecified atom stereocenters. The van der Waals surface area contributed by atoms with Crippen molar-refractivity contribution in [2.75, 3.05) is 7.05 Å². The van der Waals surface area contributed by atoms with Crippen LogP contribution in [0.5, 0.6) is 0 Å². The molecule has 2 rings (SSSR count). The summed E-state index contributed by atoms with van der Waals surface area (Å²) < 4.78 is 30.0. The third-order valence-corrected chi connectivity index (χ3v) is 5.31. The minimum Gasteiger partial charge on any atom is -0.458 e. The molecule has 0 aromatic heterocycles. The third-order valence-electron chi connectivity index (χ3n) is 5.31. The maximum Gasteiger partial charge on any atom is 0.410 e. The summed E-state index contributed by atoms with van der Waals surface area (Å²) in [7, 11) is 1.47. The van der Waals surface area contributed by atoms with Crippen LogP contribution in [0.4, 0.5) is 9.18 Å². The molecule has 1 amide bonds. The number of hydrogen-bond donors (Lipinski definition) is 0. The van der Waals surface area contributed by atoms with Crippen LogP contribution in [0.2, 0.25) is 0 Å². The number of nitrogens with zero attached hydrogens (tertiary/aromatic N) is 1. The zero-order valence-electron chi connectivity index (χ0n) is 22.7. The molecular weight excluding hydrogens is 477 g/mol. The second kappa shape index (κ2) is 12.7. The van der Waals surface area contributed by atoms with Crippen LogP contribution in [0.3, 0.4) is 0 Å². The quantitative estimate of drug-likeness (QED) is 0.315. The fourth-order valence-corrected chi connectivity index (χ4v) is 3.47. The lowest BCUT2D eigenvalue weighted by molar-refractivity contribution is -0.172. The lowest BCUT2D eigenvalue weighted by Crippen LogP contribution is -2.48. The Kier molecular flexibility index (Phi) is 10.2. The molecule has 0 aliphatic heterocycles. The van der Waals surface area contributed by atoms with Gasteiger partial charge in [0.25, 0.3) is 0 Å². The predicted molar refractivity (Wildman–Crippen MR) is 138 cm³/mol. The standard InChI is InChI=1S/C29H38FNO6/c1-28(2,3)18-23(31(7)27(34)37-29(4,5)6)25(32)36-24(17-20-13-15-22(30)16-14-20)26(33)35-19-21-11-9-8-10-12-21/h8-16,23-24H,17-19H2,1-7H3/t23-,24?/m0/s1. The molecule has 0 saturated carbocycles. The topological polar surface area (TPSA) is 82.1 Å². The van der Waals surface area contributed by atoms with Gasteiger partial charge in [-0.2, -0.15) is 0 Å². The zero-order chi connectivity index (χ0) is 27.8. The van der Waals surface area contributed by atoms with E-state index in [1.54, 1.807) is 20.8 Å². The van der Waals surface area contributed by atoms with Crippen LogP contribution >= 0.6 is 0 Å². The SMILES string of the molecule is CN(C(=O)OC(C)(C)C)[C@@H](CC(C)(C)C)C(=O)OC(Cc1ccc(F)cc1)C(=O)OCc1ccccc1. The van der Waals surface area contributed by atoms with Gasteiger partial charge in [0.15, 0.2) is 0 Å². The number of rotatable bonds is 9. The van der Waals surface area contributed by atoms with Gasteiger partial charge >= 0.3 is 18.0 Å². The highest BCUT2D eigenvalue weighted by Gasteiger charge is 2.37. The van der Waals surface area contributed by atoms with Gasteiger partial charge in [0.2, 0.25) is 6.10 Å². The van der Waals surface area contributed by atoms with Crippen LogP contribution in [0.1, 0.15) is 59.1 Å². The van der Waals surface area contributed by atoms with Crippen LogP contribution in [-0.2, 0) is 36.8 Å². The zero-order valence-corrected chi connectivity index (χ0v) is 22.7. The third kappa shape index (κ3) is 10.6. The number of carbonyl (C=O) groups is 3. The molecule has 0 spiro atoms. The smallest absolute Gasteiger partial charge is 0.410 e. The Hall–Kier alpha value is -3.42. The largest absolute Gasteiger partial charge is 0.458 e. The average molecular weight is 516 g/mol. The van der Waals surface area contributed by atoms with Gasteiger partial charge in [-0.1, -0.05) is 63.2 Å². The van der Waals surface area contributed by atoms with Crippen LogP contribution in [0.25, 0.3) is 0 Å². The number of halogens is 1. The average Bonchev–Trinajstić information content (AvgIpc) is 2.80. The minimum absolute atomic E-state index is 0.000370. The Morgan fingerprint density at radius 3 is 2.00 bits per heavy atom. The molecule has 202 valence electrons. The first-order chi connectivity index (χ1) is 17.1. The van der Waals surface area contributed by atoms with E-state index in [1.807, 2.05) is 51.1 Å². The Balaban J connectivity index is 2.27. The lowest BCUT2D eigenvalue weighted by atomic mass is 9.87. The van der Waals surface area contributed by atoms with Crippen molar-refractivity contribution in [2.45, 2.75) is 78.7 Å². The van der Waals surface area contributed by atoms with Gasteiger partial charge in [0, 0.05) is 13.5 Å². The summed E-state index contributed by atoms with van der Waals surface area (Å²) in [6, 6.07) is 13.7. The second-order valence-electron chi connectivity index (χ2n) is 11.2. The molecule has 0 aliphatic rings. The lowest BCUT2D eigenvalue weighted by Gasteiger charge is -2.33. The highest BCUT2D eigenvalue weighted by Crippen LogP contribution is 2.26. The molecule has 0 heterocycles. The first-order valence-electron chi connectivity index (χ1n) is 12.3. The van der Waals surface area contributed by atoms with Crippen molar-refractivity contribution in [1.29, 1.82) is 0 Å². The number of benzene rings is 2. The molecule has 0 radical (unpaired) electrons. The summed E-state index contributed by atoms with van der Waals surface area (Å²) in [6.07, 6.45) is -1.72. The highest BCUT2D eigenvalue weighted by molar-refractivity contribution is 5.85. The number of esters is 2. The van der Waals surface area contributed by atoms with E-state index in [4.69, 9.17) is 14.2 Å². The summed E-state index contributed by atoms with van der Waals surface area (Å²) in [5.41, 5.74) is 0.260. The van der Waals surface area contributed by atoms with E-state index < -0.39 is 41.6 Å². The van der Waals surface area contributed by atoms with Gasteiger partial charge in [-0.3, -0.25) is 4.90 Å². The van der Waals surface area contributed by atoms with E-state index in [9.17, 15) is 18.8 Å². The second-order valence-corrected chi connectivity index (χ2v) is 11.2. The highest BCUT2D eigenvalue weighted by atomic mass is 19.1. The van der Waals surface area contributed by atoms with Gasteiger partial charge in [-0.25, -0.2) is 18.8 Å². The summed E-state index contributed by atoms with van der Waals surface area (Å²) in [5, 5.41) is 0. The van der Waals surface area contributed by atoms with Crippen LogP contribution in [0.15, 0.2) is 54.6 Å². The summed E-state index contributed by atoms with van der Waals surface area (Å²) in [6.45, 7) is 11.0. The molecule has 0 bridgehead atoms. The molecule has 2 aromatic carbocycles. The Morgan fingerprint density at radius 2 is 1.46 bits per heavy atom. The number of hydrogen-bond acceptors (Lipinski definition) is 6. The number of likely N-dealkylation sites (N-methyl/N-ethyl adjacent to an activating group) is 1. The maximum absolute atomic E-state index is 13.4. The molecule has 0 aliphatic carbocycles. The van der Waals surface area contributed by atoms with Gasteiger partial charge in [-0.05, 0) is 55.9 Å². The van der Waals surface area contributed by atoms with Crippen LogP contribution in [-0.4, -0.2) is 47.7 Å². The van der Waals surface area contributed by atoms with E-state index in [2.05, 4.69) is 0 Å². The molecule has 8 heteroatoms. The van der Waals surface area contributed by atoms with Crippen molar-refractivity contribution in [2.24, 2.45) is 5.41 Å². The molecule has 0 N–H and O–H groups in total. The van der Waals surface area contributed by atoms with E-state index in [0.29, 0.717) is 5.56 Å². The Morgan fingerprint density at radius 1 is 0.865 bits per heavy atom. The van der Waals surface area contributed by atoms with Crippen molar-refractivity contribution < 1.29 is 33.0 Å². The molecule has 7 nitrogen and oxygen atoms in total. The van der Waals surface area contributed by atoms with Crippen molar-refractivity contribution >= 4 is 18.0 Å². The van der Waals surface area contributed by atoms with Crippen LogP contribution in [0, 0.1) is 11.2 Å². The van der Waals surface area contributed by atoms with Gasteiger partial charge in [0.1, 0.15) is 24.1 Å². The molecule has 37 heavy (non-hydrogen) atoms. The van der Waals surface area contributed by atoms with E-state index in [1.165, 1.54) is 36.2 Å². The van der Waals surface area contributed by atoms with Crippen molar-refractivity contribution in [3.8, 4) is 0 Å². The maximum atomic E-state index is 13.4. The normalized spacial score (nSPS) is 13.3. The fourth-order valence-electron chi connectivity index (χ4n) is 3.47. The van der Waals surface area contributed by atoms with Gasteiger partial charge in [-0.15, -0.1) is 0 Å². The van der Waals surface area contributed by atoms with E-state index >= 15 is 0 Å². The number of amides is 1. The van der Waals surface area contributed by atoms with Crippen molar-refractivity contribution in [3.63, 3.8) is 0 Å². The summed E-state index contributed by atoms with van der Waals surface area (Å²) in [4.78, 5) is 40.4. The van der Waals surface area contributed by atoms with E-state index in [0.717, 1.165) is 5.56 Å². The predicted octanol–water partition coefficient (Wildman–Crippen LogP) is 5.70. The first-order valence-corrected chi connectivity index (χ1v) is 12.3. The van der Waals surface area contributed by atoms with Gasteiger partial charge < -0.3 is 14.2 Å². The van der Waals surface area contributed by atoms with Crippen molar-refractivity contribution in [3.05, 3.63) is 71.5 Å². The number of ether oxygens (including phenoxy) is 3. The molecule has 2 aromatic rings. The number of carbonyl (C=O) groups excluding carboxylic acids is 3. The minimum atomic E-state index is -1.30. The Bertz CT molecular complexity index is 1040. The van der Waals surface area contributed by atoms with E-state index in [-0.39, 0.29) is 24.9 Å². The van der Waals surface area contributed by atoms with Crippen molar-refractivity contribution in [1.82, 2.24) is 4.90 Å². The molecule has 0 fully saturated rings. The fraction of sp³-hybridized carbons (Fsp3) is 0.483. The van der Waals surface area contributed by atoms with Crippen LogP contribution < -0.4 is 0 Å². The Labute approximate surface area is 218 Å². The first kappa shape index (κ1) is 29.8. The molecule has 0 saturated heterocycles. The summed E-state index contributed by atoms with van der Waals surface area (Å²) in [5.74, 6) is -1.92. The van der Waals surface area contributed by atoms with Gasteiger partial charge in [0.05, 0.1) is 0 Å². The molecular formula is C29H38FNO6.